The zero-order valence-electron chi connectivity index (χ0n) is 21.8. The molecule has 8 nitrogen and oxygen atoms in total. The summed E-state index contributed by atoms with van der Waals surface area (Å²) in [5.41, 5.74) is 1.87. The normalized spacial score (nSPS) is 20.7. The van der Waals surface area contributed by atoms with E-state index in [1.54, 1.807) is 12.1 Å². The monoisotopic (exact) mass is 651 g/mol. The summed E-state index contributed by atoms with van der Waals surface area (Å²) in [6, 6.07) is 3.70. The number of aliphatic hydroxyl groups is 1. The Labute approximate surface area is 238 Å². The van der Waals surface area contributed by atoms with Crippen molar-refractivity contribution in [2.45, 2.75) is 77.7 Å². The molecule has 1 N–H and O–H groups in total. The van der Waals surface area contributed by atoms with Crippen LogP contribution < -0.4 is 14.2 Å². The van der Waals surface area contributed by atoms with Crippen LogP contribution in [0.25, 0.3) is 0 Å². The molecule has 0 unspecified atom stereocenters. The minimum atomic E-state index is -0.834. The average molecular weight is 653 g/mol. The Bertz CT molecular complexity index is 1270. The van der Waals surface area contributed by atoms with Gasteiger partial charge in [0.25, 0.3) is 0 Å². The first-order valence-electron chi connectivity index (χ1n) is 12.9. The molecule has 3 aliphatic rings. The summed E-state index contributed by atoms with van der Waals surface area (Å²) in [6.45, 7) is 5.76. The Kier molecular flexibility index (Phi) is 7.68. The molecule has 3 heterocycles. The highest BCUT2D eigenvalue weighted by atomic mass is 79.9. The number of nitrogens with zero attached hydrogens (tertiary/aromatic N) is 1. The Hall–Kier alpha value is -2.30. The first kappa shape index (κ1) is 27.3. The van der Waals surface area contributed by atoms with Gasteiger partial charge in [0.15, 0.2) is 11.5 Å². The lowest BCUT2D eigenvalue weighted by Crippen LogP contribution is -2.37. The fourth-order valence-corrected chi connectivity index (χ4v) is 6.96. The second-order valence-electron chi connectivity index (χ2n) is 10.5. The minimum absolute atomic E-state index is 0.0705. The predicted octanol–water partition coefficient (Wildman–Crippen LogP) is 7.20. The molecule has 0 saturated carbocycles. The molecule has 38 heavy (non-hydrogen) atoms. The van der Waals surface area contributed by atoms with Crippen molar-refractivity contribution < 1.29 is 33.6 Å². The standard InChI is InChI=1S/C28H31Br2NO7/c1-13(2)11-19(32)17-9-10-20-21(24(17)35-4)27(33)36-12-18-22(29)14(3)23(30)26(25(18)37-20)38-28(34)31-15-5-6-16(31)8-7-15/h9-10,13,15-16,19,32H,5-8,11-12H2,1-4H3/t15?,16?,19-/m0/s1. The molecule has 10 heteroatoms. The molecular formula is C28H31Br2NO7. The van der Waals surface area contributed by atoms with E-state index in [0.717, 1.165) is 31.2 Å². The van der Waals surface area contributed by atoms with Gasteiger partial charge in [0.2, 0.25) is 0 Å². The van der Waals surface area contributed by atoms with E-state index < -0.39 is 18.2 Å². The minimum Gasteiger partial charge on any atom is -0.495 e. The van der Waals surface area contributed by atoms with Gasteiger partial charge in [0.05, 0.1) is 23.2 Å². The van der Waals surface area contributed by atoms with Crippen molar-refractivity contribution in [2.24, 2.45) is 5.92 Å². The molecule has 1 atom stereocenters. The van der Waals surface area contributed by atoms with Crippen molar-refractivity contribution >= 4 is 43.9 Å². The van der Waals surface area contributed by atoms with E-state index in [1.807, 2.05) is 25.7 Å². The van der Waals surface area contributed by atoms with Gasteiger partial charge < -0.3 is 29.0 Å². The van der Waals surface area contributed by atoms with Gasteiger partial charge >= 0.3 is 12.1 Å². The SMILES string of the molecule is COc1c([C@@H](O)CC(C)C)ccc2c1C(=O)OCc1c(Br)c(C)c(Br)c(OC(=O)N3C4CCC3CC4)c1O2. The average Bonchev–Trinajstić information content (AvgIpc) is 3.48. The highest BCUT2D eigenvalue weighted by Gasteiger charge is 2.44. The van der Waals surface area contributed by atoms with Gasteiger partial charge in [0.1, 0.15) is 23.7 Å². The molecule has 2 bridgehead atoms. The number of hydrogen-bond acceptors (Lipinski definition) is 7. The Balaban J connectivity index is 1.60. The molecule has 0 aromatic heterocycles. The summed E-state index contributed by atoms with van der Waals surface area (Å²) in [5, 5.41) is 10.8. The zero-order valence-corrected chi connectivity index (χ0v) is 25.0. The van der Waals surface area contributed by atoms with Crippen molar-refractivity contribution in [3.05, 3.63) is 43.3 Å². The van der Waals surface area contributed by atoms with Crippen LogP contribution in [0, 0.1) is 12.8 Å². The quantitative estimate of drug-likeness (QED) is 0.342. The van der Waals surface area contributed by atoms with Gasteiger partial charge in [-0.1, -0.05) is 13.8 Å². The number of cyclic esters (lactones) is 1. The third-order valence-electron chi connectivity index (χ3n) is 7.63. The van der Waals surface area contributed by atoms with Crippen LogP contribution in [-0.4, -0.2) is 41.3 Å². The second-order valence-corrected chi connectivity index (χ2v) is 12.1. The molecule has 2 aromatic rings. The summed E-state index contributed by atoms with van der Waals surface area (Å²) in [4.78, 5) is 28.4. The van der Waals surface area contributed by atoms with Crippen LogP contribution >= 0.6 is 31.9 Å². The first-order valence-corrected chi connectivity index (χ1v) is 14.4. The Morgan fingerprint density at radius 2 is 1.79 bits per heavy atom. The summed E-state index contributed by atoms with van der Waals surface area (Å²) < 4.78 is 24.9. The summed E-state index contributed by atoms with van der Waals surface area (Å²) in [7, 11) is 1.44. The van der Waals surface area contributed by atoms with Crippen molar-refractivity contribution in [1.82, 2.24) is 4.90 Å². The number of rotatable bonds is 5. The molecule has 2 fully saturated rings. The first-order chi connectivity index (χ1) is 18.1. The van der Waals surface area contributed by atoms with Crippen molar-refractivity contribution in [2.75, 3.05) is 7.11 Å². The number of ether oxygens (including phenoxy) is 4. The van der Waals surface area contributed by atoms with Gasteiger partial charge in [-0.15, -0.1) is 0 Å². The molecule has 5 rings (SSSR count). The smallest absolute Gasteiger partial charge is 0.415 e. The Morgan fingerprint density at radius 1 is 1.13 bits per heavy atom. The van der Waals surface area contributed by atoms with E-state index in [9.17, 15) is 14.7 Å². The van der Waals surface area contributed by atoms with E-state index in [0.29, 0.717) is 26.5 Å². The highest BCUT2D eigenvalue weighted by molar-refractivity contribution is 9.11. The van der Waals surface area contributed by atoms with Crippen molar-refractivity contribution in [1.29, 1.82) is 0 Å². The van der Waals surface area contributed by atoms with Crippen molar-refractivity contribution in [3.8, 4) is 23.0 Å². The Morgan fingerprint density at radius 3 is 2.39 bits per heavy atom. The zero-order chi connectivity index (χ0) is 27.3. The molecule has 2 aromatic carbocycles. The van der Waals surface area contributed by atoms with Gasteiger partial charge in [-0.25, -0.2) is 9.59 Å². The lowest BCUT2D eigenvalue weighted by Gasteiger charge is -2.27. The maximum Gasteiger partial charge on any atom is 0.415 e. The van der Waals surface area contributed by atoms with Crippen LogP contribution in [-0.2, 0) is 11.3 Å². The molecule has 1 amide bonds. The fraction of sp³-hybridized carbons (Fsp3) is 0.500. The van der Waals surface area contributed by atoms with E-state index in [-0.39, 0.29) is 53.2 Å². The van der Waals surface area contributed by atoms with E-state index in [1.165, 1.54) is 7.11 Å². The maximum atomic E-state index is 13.4. The molecule has 0 aliphatic carbocycles. The van der Waals surface area contributed by atoms with Crippen LogP contribution in [0.1, 0.15) is 79.1 Å². The molecule has 0 spiro atoms. The fourth-order valence-electron chi connectivity index (χ4n) is 5.74. The third-order valence-corrected chi connectivity index (χ3v) is 9.66. The molecule has 0 radical (unpaired) electrons. The summed E-state index contributed by atoms with van der Waals surface area (Å²) in [5.74, 6) is 0.453. The summed E-state index contributed by atoms with van der Waals surface area (Å²) in [6.07, 6.45) is 3.20. The number of carbonyl (C=O) groups is 2. The number of carbonyl (C=O) groups excluding carboxylic acids is 2. The van der Waals surface area contributed by atoms with Crippen LogP contribution in [0.3, 0.4) is 0 Å². The topological polar surface area (TPSA) is 94.5 Å². The van der Waals surface area contributed by atoms with E-state index in [2.05, 4.69) is 31.9 Å². The number of amides is 1. The third kappa shape index (κ3) is 4.69. The number of hydrogen-bond donors (Lipinski definition) is 1. The number of fused-ring (bicyclic) bond motifs is 4. The summed E-state index contributed by atoms with van der Waals surface area (Å²) >= 11 is 7.20. The number of benzene rings is 2. The lowest BCUT2D eigenvalue weighted by molar-refractivity contribution is 0.0452. The second kappa shape index (κ2) is 10.7. The maximum absolute atomic E-state index is 13.4. The molecule has 2 saturated heterocycles. The lowest BCUT2D eigenvalue weighted by atomic mass is 9.96. The van der Waals surface area contributed by atoms with Gasteiger partial charge in [-0.2, -0.15) is 0 Å². The van der Waals surface area contributed by atoms with Gasteiger partial charge in [-0.05, 0) is 94.5 Å². The number of methoxy groups -OCH3 is 1. The van der Waals surface area contributed by atoms with Gasteiger partial charge in [0, 0.05) is 22.1 Å². The van der Waals surface area contributed by atoms with Gasteiger partial charge in [-0.3, -0.25) is 0 Å². The van der Waals surface area contributed by atoms with Crippen LogP contribution in [0.15, 0.2) is 21.1 Å². The highest BCUT2D eigenvalue weighted by Crippen LogP contribution is 2.51. The van der Waals surface area contributed by atoms with Crippen molar-refractivity contribution in [3.63, 3.8) is 0 Å². The predicted molar refractivity (Wildman–Crippen MR) is 147 cm³/mol. The van der Waals surface area contributed by atoms with Crippen LogP contribution in [0.2, 0.25) is 0 Å². The van der Waals surface area contributed by atoms with Crippen LogP contribution in [0.5, 0.6) is 23.0 Å². The number of esters is 1. The number of aliphatic hydroxyl groups excluding tert-OH is 1. The molecule has 204 valence electrons. The van der Waals surface area contributed by atoms with E-state index >= 15 is 0 Å². The molecular weight excluding hydrogens is 622 g/mol. The van der Waals surface area contributed by atoms with Crippen LogP contribution in [0.4, 0.5) is 4.79 Å². The largest absolute Gasteiger partial charge is 0.495 e. The molecule has 3 aliphatic heterocycles. The number of halogens is 2. The van der Waals surface area contributed by atoms with E-state index in [4.69, 9.17) is 18.9 Å².